The average molecular weight is 337 g/mol. The minimum Gasteiger partial charge on any atom is -0.480 e. The lowest BCUT2D eigenvalue weighted by atomic mass is 9.93. The first-order valence-corrected chi connectivity index (χ1v) is 6.50. The van der Waals surface area contributed by atoms with Crippen LogP contribution in [0.3, 0.4) is 0 Å². The summed E-state index contributed by atoms with van der Waals surface area (Å²) in [5.41, 5.74) is -2.55. The molecule has 2 heterocycles. The van der Waals surface area contributed by atoms with E-state index < -0.39 is 37.4 Å². The van der Waals surface area contributed by atoms with Crippen LogP contribution in [0.2, 0.25) is 0 Å². The van der Waals surface area contributed by atoms with Crippen LogP contribution in [-0.2, 0) is 9.53 Å². The van der Waals surface area contributed by atoms with E-state index in [0.717, 1.165) is 0 Å². The summed E-state index contributed by atoms with van der Waals surface area (Å²) in [4.78, 5) is 19.5. The van der Waals surface area contributed by atoms with E-state index in [4.69, 9.17) is 14.9 Å². The van der Waals surface area contributed by atoms with E-state index in [2.05, 4.69) is 14.7 Å². The van der Waals surface area contributed by atoms with Gasteiger partial charge in [-0.3, -0.25) is 4.98 Å². The molecular weight excluding hydrogens is 323 g/mol. The smallest absolute Gasteiger partial charge is 0.420 e. The first kappa shape index (κ1) is 17.2. The maximum absolute atomic E-state index is 13.1. The van der Waals surface area contributed by atoms with Gasteiger partial charge in [0, 0.05) is 0 Å². The number of ether oxygens (including phenoxy) is 2. The van der Waals surface area contributed by atoms with E-state index in [9.17, 15) is 18.0 Å². The molecule has 0 atom stereocenters. The zero-order chi connectivity index (χ0) is 17.1. The molecule has 8 nitrogen and oxygen atoms in total. The molecule has 2 rings (SSSR count). The quantitative estimate of drug-likeness (QED) is 0.720. The Hall–Kier alpha value is -2.14. The lowest BCUT2D eigenvalue weighted by Crippen LogP contribution is -2.71. The summed E-state index contributed by atoms with van der Waals surface area (Å²) in [6, 6.07) is 0. The summed E-state index contributed by atoms with van der Waals surface area (Å²) in [7, 11) is 0. The Labute approximate surface area is 128 Å². The minimum absolute atomic E-state index is 0.0215. The Morgan fingerprint density at radius 1 is 1.39 bits per heavy atom. The van der Waals surface area contributed by atoms with Crippen LogP contribution in [0.25, 0.3) is 0 Å². The van der Waals surface area contributed by atoms with Gasteiger partial charge in [-0.05, 0) is 0 Å². The first-order valence-electron chi connectivity index (χ1n) is 6.50. The van der Waals surface area contributed by atoms with Crippen molar-refractivity contribution in [2.75, 3.05) is 37.8 Å². The maximum atomic E-state index is 13.1. The van der Waals surface area contributed by atoms with Crippen molar-refractivity contribution < 1.29 is 37.7 Å². The fraction of sp³-hybridized carbons (Fsp3) is 0.583. The molecule has 0 radical (unpaired) electrons. The van der Waals surface area contributed by atoms with E-state index in [1.54, 1.807) is 0 Å². The zero-order valence-corrected chi connectivity index (χ0v) is 11.8. The number of anilines is 1. The van der Waals surface area contributed by atoms with Crippen LogP contribution in [0.15, 0.2) is 12.4 Å². The zero-order valence-electron chi connectivity index (χ0n) is 11.8. The number of carboxylic acids is 1. The van der Waals surface area contributed by atoms with Gasteiger partial charge in [-0.2, -0.15) is 18.2 Å². The van der Waals surface area contributed by atoms with Crippen LogP contribution in [0.5, 0.6) is 5.88 Å². The standard InChI is InChI=1S/C12H14F3N3O5/c13-12(14,15)11(23-5-10(20)21)6-18(7-11)8-3-16-4-9(17-8)22-2-1-19/h3-4,19H,1-2,5-7H2,(H,20,21). The number of carboxylic acid groups (broad SMARTS) is 1. The number of carbonyl (C=O) groups is 1. The van der Waals surface area contributed by atoms with Gasteiger partial charge in [0.05, 0.1) is 32.1 Å². The Bertz CT molecular complexity index is 563. The molecule has 0 unspecified atom stereocenters. The van der Waals surface area contributed by atoms with Crippen LogP contribution in [-0.4, -0.2) is 70.8 Å². The van der Waals surface area contributed by atoms with Crippen molar-refractivity contribution in [2.45, 2.75) is 11.8 Å². The van der Waals surface area contributed by atoms with Crippen LogP contribution >= 0.6 is 0 Å². The van der Waals surface area contributed by atoms with Crippen molar-refractivity contribution in [3.8, 4) is 5.88 Å². The van der Waals surface area contributed by atoms with Gasteiger partial charge in [-0.1, -0.05) is 0 Å². The van der Waals surface area contributed by atoms with Gasteiger partial charge in [-0.25, -0.2) is 4.79 Å². The van der Waals surface area contributed by atoms with Crippen LogP contribution < -0.4 is 9.64 Å². The first-order chi connectivity index (χ1) is 10.8. The molecule has 1 fully saturated rings. The van der Waals surface area contributed by atoms with Crippen molar-refractivity contribution in [3.63, 3.8) is 0 Å². The van der Waals surface area contributed by atoms with Crippen molar-refractivity contribution in [3.05, 3.63) is 12.4 Å². The number of rotatable bonds is 7. The van der Waals surface area contributed by atoms with Gasteiger partial charge in [0.15, 0.2) is 11.4 Å². The summed E-state index contributed by atoms with van der Waals surface area (Å²) in [5, 5.41) is 17.2. The van der Waals surface area contributed by atoms with Crippen molar-refractivity contribution in [1.82, 2.24) is 9.97 Å². The maximum Gasteiger partial charge on any atom is 0.420 e. The summed E-state index contributed by atoms with van der Waals surface area (Å²) in [5.74, 6) is -1.28. The summed E-state index contributed by atoms with van der Waals surface area (Å²) < 4.78 is 48.9. The molecule has 0 amide bonds. The molecule has 128 valence electrons. The molecule has 0 aromatic carbocycles. The van der Waals surface area contributed by atoms with Gasteiger partial charge >= 0.3 is 12.1 Å². The molecule has 0 bridgehead atoms. The third-order valence-corrected chi connectivity index (χ3v) is 3.15. The lowest BCUT2D eigenvalue weighted by molar-refractivity contribution is -0.285. The summed E-state index contributed by atoms with van der Waals surface area (Å²) >= 11 is 0. The number of alkyl halides is 3. The van der Waals surface area contributed by atoms with Crippen LogP contribution in [0, 0.1) is 0 Å². The Morgan fingerprint density at radius 3 is 2.65 bits per heavy atom. The molecule has 1 aliphatic heterocycles. The predicted molar refractivity (Wildman–Crippen MR) is 69.2 cm³/mol. The third kappa shape index (κ3) is 3.79. The van der Waals surface area contributed by atoms with E-state index in [-0.39, 0.29) is 24.9 Å². The predicted octanol–water partition coefficient (Wildman–Crippen LogP) is 0.0700. The monoisotopic (exact) mass is 337 g/mol. The largest absolute Gasteiger partial charge is 0.480 e. The van der Waals surface area contributed by atoms with Crippen molar-refractivity contribution in [1.29, 1.82) is 0 Å². The highest BCUT2D eigenvalue weighted by Crippen LogP contribution is 2.42. The second kappa shape index (κ2) is 6.54. The summed E-state index contributed by atoms with van der Waals surface area (Å²) in [6.45, 7) is -2.50. The molecule has 23 heavy (non-hydrogen) atoms. The number of hydrogen-bond donors (Lipinski definition) is 2. The SMILES string of the molecule is O=C(O)COC1(C(F)(F)F)CN(c2cncc(OCCO)n2)C1. The third-order valence-electron chi connectivity index (χ3n) is 3.15. The minimum atomic E-state index is -4.71. The molecule has 1 aromatic rings. The van der Waals surface area contributed by atoms with Crippen molar-refractivity contribution >= 4 is 11.8 Å². The highest BCUT2D eigenvalue weighted by Gasteiger charge is 2.63. The van der Waals surface area contributed by atoms with E-state index in [0.29, 0.717) is 0 Å². The van der Waals surface area contributed by atoms with E-state index >= 15 is 0 Å². The highest BCUT2D eigenvalue weighted by atomic mass is 19.4. The molecule has 2 N–H and O–H groups in total. The molecular formula is C12H14F3N3O5. The number of hydrogen-bond acceptors (Lipinski definition) is 7. The van der Waals surface area contributed by atoms with Gasteiger partial charge in [-0.15, -0.1) is 0 Å². The molecule has 0 saturated carbocycles. The molecule has 0 aliphatic carbocycles. The number of aliphatic hydroxyl groups is 1. The highest BCUT2D eigenvalue weighted by molar-refractivity contribution is 5.68. The fourth-order valence-electron chi connectivity index (χ4n) is 2.00. The normalized spacial score (nSPS) is 16.8. The Morgan fingerprint density at radius 2 is 2.09 bits per heavy atom. The van der Waals surface area contributed by atoms with Crippen LogP contribution in [0.4, 0.5) is 19.0 Å². The Kier molecular flexibility index (Phi) is 4.90. The summed E-state index contributed by atoms with van der Waals surface area (Å²) in [6.07, 6.45) is -2.20. The van der Waals surface area contributed by atoms with Gasteiger partial charge in [0.25, 0.3) is 0 Å². The second-order valence-corrected chi connectivity index (χ2v) is 4.82. The topological polar surface area (TPSA) is 105 Å². The van der Waals surface area contributed by atoms with Crippen LogP contribution in [0.1, 0.15) is 0 Å². The lowest BCUT2D eigenvalue weighted by Gasteiger charge is -2.50. The molecule has 11 heteroatoms. The molecule has 1 aliphatic rings. The molecule has 1 aromatic heterocycles. The van der Waals surface area contributed by atoms with Gasteiger partial charge in [0.2, 0.25) is 5.88 Å². The number of halogens is 3. The number of nitrogens with zero attached hydrogens (tertiary/aromatic N) is 3. The van der Waals surface area contributed by atoms with E-state index in [1.807, 2.05) is 0 Å². The average Bonchev–Trinajstić information content (AvgIpc) is 2.42. The number of aromatic nitrogens is 2. The van der Waals surface area contributed by atoms with Crippen molar-refractivity contribution in [2.24, 2.45) is 0 Å². The molecule has 1 saturated heterocycles. The number of aliphatic carboxylic acids is 1. The fourth-order valence-corrected chi connectivity index (χ4v) is 2.00. The number of aliphatic hydroxyl groups excluding tert-OH is 1. The Balaban J connectivity index is 2.06. The van der Waals surface area contributed by atoms with Gasteiger partial charge < -0.3 is 24.6 Å². The molecule has 0 spiro atoms. The second-order valence-electron chi connectivity index (χ2n) is 4.82. The van der Waals surface area contributed by atoms with Gasteiger partial charge in [0.1, 0.15) is 13.2 Å². The van der Waals surface area contributed by atoms with E-state index in [1.165, 1.54) is 17.3 Å².